The van der Waals surface area contributed by atoms with Gasteiger partial charge in [0.05, 0.1) is 30.3 Å². The summed E-state index contributed by atoms with van der Waals surface area (Å²) in [5.41, 5.74) is 0.729. The number of carbonyl (C=O) groups is 1. The molecule has 2 aromatic carbocycles. The highest BCUT2D eigenvalue weighted by Crippen LogP contribution is 2.21. The van der Waals surface area contributed by atoms with Gasteiger partial charge in [-0.3, -0.25) is 4.72 Å². The molecular formula is C18H21NO7S. The maximum absolute atomic E-state index is 12.5. The number of carboxylic acids is 1. The summed E-state index contributed by atoms with van der Waals surface area (Å²) in [7, 11) is -3.92. The van der Waals surface area contributed by atoms with Gasteiger partial charge in [0.15, 0.2) is 0 Å². The second-order valence-corrected chi connectivity index (χ2v) is 7.28. The van der Waals surface area contributed by atoms with Gasteiger partial charge in [-0.1, -0.05) is 6.07 Å². The van der Waals surface area contributed by atoms with Crippen molar-refractivity contribution in [2.45, 2.75) is 11.8 Å². The van der Waals surface area contributed by atoms with Crippen molar-refractivity contribution in [1.29, 1.82) is 0 Å². The van der Waals surface area contributed by atoms with E-state index in [1.54, 1.807) is 19.1 Å². The van der Waals surface area contributed by atoms with Crippen LogP contribution in [0.5, 0.6) is 5.75 Å². The van der Waals surface area contributed by atoms with Gasteiger partial charge in [0.25, 0.3) is 10.0 Å². The monoisotopic (exact) mass is 395 g/mol. The number of nitrogens with one attached hydrogen (secondary N) is 1. The number of aliphatic hydroxyl groups is 1. The van der Waals surface area contributed by atoms with E-state index in [0.29, 0.717) is 30.2 Å². The average Bonchev–Trinajstić information content (AvgIpc) is 2.62. The third kappa shape index (κ3) is 5.95. The Labute approximate surface area is 157 Å². The van der Waals surface area contributed by atoms with Crippen molar-refractivity contribution in [3.05, 3.63) is 53.6 Å². The Kier molecular flexibility index (Phi) is 7.17. The molecule has 27 heavy (non-hydrogen) atoms. The standard InChI is InChI=1S/C18H21NO7S/c1-13-2-7-16(12-17(13)18(21)22)27(23,24)19-14-3-5-15(6-4-14)26-11-10-25-9-8-20/h2-7,12,19-20H,8-11H2,1H3,(H,21,22). The fourth-order valence-electron chi connectivity index (χ4n) is 2.22. The number of aryl methyl sites for hydroxylation is 1. The van der Waals surface area contributed by atoms with E-state index in [-0.39, 0.29) is 23.7 Å². The Balaban J connectivity index is 2.03. The predicted molar refractivity (Wildman–Crippen MR) is 98.8 cm³/mol. The minimum atomic E-state index is -3.92. The number of sulfonamides is 1. The largest absolute Gasteiger partial charge is 0.491 e. The SMILES string of the molecule is Cc1ccc(S(=O)(=O)Nc2ccc(OCCOCCO)cc2)cc1C(=O)O. The van der Waals surface area contributed by atoms with Crippen molar-refractivity contribution in [3.8, 4) is 5.75 Å². The summed E-state index contributed by atoms with van der Waals surface area (Å²) in [6.07, 6.45) is 0. The van der Waals surface area contributed by atoms with Crippen LogP contribution in [-0.2, 0) is 14.8 Å². The molecule has 0 fully saturated rings. The van der Waals surface area contributed by atoms with Crippen molar-refractivity contribution < 1.29 is 32.9 Å². The highest BCUT2D eigenvalue weighted by atomic mass is 32.2. The fraction of sp³-hybridized carbons (Fsp3) is 0.278. The number of hydrogen-bond acceptors (Lipinski definition) is 6. The van der Waals surface area contributed by atoms with Crippen LogP contribution < -0.4 is 9.46 Å². The Bertz CT molecular complexity index is 879. The van der Waals surface area contributed by atoms with Crippen LogP contribution in [0.4, 0.5) is 5.69 Å². The Morgan fingerprint density at radius 1 is 1.07 bits per heavy atom. The Hall–Kier alpha value is -2.62. The van der Waals surface area contributed by atoms with Gasteiger partial charge in [-0.25, -0.2) is 13.2 Å². The van der Waals surface area contributed by atoms with Gasteiger partial charge in [0.1, 0.15) is 12.4 Å². The molecule has 0 amide bonds. The summed E-state index contributed by atoms with van der Waals surface area (Å²) in [6.45, 7) is 2.41. The van der Waals surface area contributed by atoms with E-state index in [1.807, 2.05) is 0 Å². The van der Waals surface area contributed by atoms with E-state index < -0.39 is 16.0 Å². The minimum Gasteiger partial charge on any atom is -0.491 e. The van der Waals surface area contributed by atoms with Crippen molar-refractivity contribution in [3.63, 3.8) is 0 Å². The molecule has 0 saturated carbocycles. The summed E-state index contributed by atoms with van der Waals surface area (Å²) in [4.78, 5) is 11.1. The Morgan fingerprint density at radius 3 is 2.41 bits per heavy atom. The van der Waals surface area contributed by atoms with E-state index >= 15 is 0 Å². The van der Waals surface area contributed by atoms with Crippen LogP contribution >= 0.6 is 0 Å². The summed E-state index contributed by atoms with van der Waals surface area (Å²) < 4.78 is 37.8. The first kappa shape index (κ1) is 20.7. The van der Waals surface area contributed by atoms with Crippen molar-refractivity contribution >= 4 is 21.7 Å². The number of rotatable bonds is 10. The molecule has 2 rings (SSSR count). The maximum atomic E-state index is 12.5. The van der Waals surface area contributed by atoms with Crippen molar-refractivity contribution in [1.82, 2.24) is 0 Å². The molecule has 0 saturated heterocycles. The van der Waals surface area contributed by atoms with Crippen LogP contribution in [0.15, 0.2) is 47.4 Å². The average molecular weight is 395 g/mol. The lowest BCUT2D eigenvalue weighted by Crippen LogP contribution is -2.14. The van der Waals surface area contributed by atoms with Gasteiger partial charge < -0.3 is 19.7 Å². The minimum absolute atomic E-state index is 0.0518. The van der Waals surface area contributed by atoms with Crippen LogP contribution in [0, 0.1) is 6.92 Å². The van der Waals surface area contributed by atoms with Crippen molar-refractivity contribution in [2.75, 3.05) is 31.1 Å². The van der Waals surface area contributed by atoms with Gasteiger partial charge in [0, 0.05) is 5.69 Å². The number of hydrogen-bond donors (Lipinski definition) is 3. The normalized spacial score (nSPS) is 11.2. The third-order valence-electron chi connectivity index (χ3n) is 3.59. The van der Waals surface area contributed by atoms with Gasteiger partial charge >= 0.3 is 5.97 Å². The summed E-state index contributed by atoms with van der Waals surface area (Å²) >= 11 is 0. The van der Waals surface area contributed by atoms with E-state index in [4.69, 9.17) is 19.7 Å². The molecule has 0 atom stereocenters. The smallest absolute Gasteiger partial charge is 0.335 e. The first-order valence-corrected chi connectivity index (χ1v) is 9.60. The number of anilines is 1. The topological polar surface area (TPSA) is 122 Å². The lowest BCUT2D eigenvalue weighted by molar-refractivity contribution is 0.0695. The van der Waals surface area contributed by atoms with E-state index in [2.05, 4.69) is 4.72 Å². The zero-order chi connectivity index (χ0) is 19.9. The second-order valence-electron chi connectivity index (χ2n) is 5.60. The zero-order valence-corrected chi connectivity index (χ0v) is 15.5. The molecule has 0 spiro atoms. The molecule has 0 bridgehead atoms. The lowest BCUT2D eigenvalue weighted by Gasteiger charge is -2.11. The van der Waals surface area contributed by atoms with Gasteiger partial charge in [-0.15, -0.1) is 0 Å². The van der Waals surface area contributed by atoms with Crippen LogP contribution in [0.2, 0.25) is 0 Å². The first-order valence-electron chi connectivity index (χ1n) is 8.12. The number of benzene rings is 2. The molecule has 8 nitrogen and oxygen atoms in total. The predicted octanol–water partition coefficient (Wildman–Crippen LogP) is 1.88. The molecule has 2 aromatic rings. The molecule has 0 radical (unpaired) electrons. The maximum Gasteiger partial charge on any atom is 0.335 e. The molecule has 0 aliphatic rings. The third-order valence-corrected chi connectivity index (χ3v) is 4.97. The first-order chi connectivity index (χ1) is 12.8. The molecule has 0 aliphatic heterocycles. The Morgan fingerprint density at radius 2 is 1.78 bits per heavy atom. The van der Waals surface area contributed by atoms with Crippen LogP contribution in [0.3, 0.4) is 0 Å². The summed E-state index contributed by atoms with van der Waals surface area (Å²) in [6, 6.07) is 10.2. The van der Waals surface area contributed by atoms with Crippen LogP contribution in [0.1, 0.15) is 15.9 Å². The summed E-state index contributed by atoms with van der Waals surface area (Å²) in [5.74, 6) is -0.650. The van der Waals surface area contributed by atoms with Crippen LogP contribution in [-0.4, -0.2) is 51.0 Å². The van der Waals surface area contributed by atoms with Gasteiger partial charge in [0.2, 0.25) is 0 Å². The highest BCUT2D eigenvalue weighted by molar-refractivity contribution is 7.92. The number of carboxylic acid groups (broad SMARTS) is 1. The quantitative estimate of drug-likeness (QED) is 0.525. The molecule has 0 aliphatic carbocycles. The molecule has 9 heteroatoms. The lowest BCUT2D eigenvalue weighted by atomic mass is 10.1. The second kappa shape index (κ2) is 9.36. The van der Waals surface area contributed by atoms with Gasteiger partial charge in [-0.2, -0.15) is 0 Å². The molecule has 0 unspecified atom stereocenters. The van der Waals surface area contributed by atoms with E-state index in [0.717, 1.165) is 6.07 Å². The summed E-state index contributed by atoms with van der Waals surface area (Å²) in [5, 5.41) is 17.7. The highest BCUT2D eigenvalue weighted by Gasteiger charge is 2.18. The molecule has 3 N–H and O–H groups in total. The fourth-order valence-corrected chi connectivity index (χ4v) is 3.30. The molecule has 0 aromatic heterocycles. The zero-order valence-electron chi connectivity index (χ0n) is 14.7. The molecular weight excluding hydrogens is 374 g/mol. The van der Waals surface area contributed by atoms with Crippen molar-refractivity contribution in [2.24, 2.45) is 0 Å². The number of ether oxygens (including phenoxy) is 2. The van der Waals surface area contributed by atoms with E-state index in [9.17, 15) is 13.2 Å². The molecule has 146 valence electrons. The van der Waals surface area contributed by atoms with Crippen LogP contribution in [0.25, 0.3) is 0 Å². The van der Waals surface area contributed by atoms with Gasteiger partial charge in [-0.05, 0) is 48.9 Å². The number of aromatic carboxylic acids is 1. The van der Waals surface area contributed by atoms with E-state index in [1.165, 1.54) is 24.3 Å². The molecule has 0 heterocycles. The number of aliphatic hydroxyl groups excluding tert-OH is 1.